The highest BCUT2D eigenvalue weighted by Gasteiger charge is 2.32. The van der Waals surface area contributed by atoms with E-state index in [0.29, 0.717) is 13.0 Å². The van der Waals surface area contributed by atoms with Crippen molar-refractivity contribution in [1.29, 1.82) is 0 Å². The molecule has 0 saturated carbocycles. The van der Waals surface area contributed by atoms with Crippen LogP contribution in [-0.4, -0.2) is 29.1 Å². The normalized spacial score (nSPS) is 20.0. The third kappa shape index (κ3) is 2.22. The number of nitro benzene ring substituents is 1. The molecule has 0 bridgehead atoms. The number of nitrogens with zero attached hydrogens (tertiary/aromatic N) is 2. The first-order chi connectivity index (χ1) is 7.66. The van der Waals surface area contributed by atoms with Crippen LogP contribution in [-0.2, 0) is 11.2 Å². The molecule has 1 fully saturated rings. The zero-order valence-electron chi connectivity index (χ0n) is 8.54. The summed E-state index contributed by atoms with van der Waals surface area (Å²) in [7, 11) is 0. The molecule has 16 heavy (non-hydrogen) atoms. The van der Waals surface area contributed by atoms with E-state index < -0.39 is 4.92 Å². The third-order valence-corrected chi connectivity index (χ3v) is 2.55. The van der Waals surface area contributed by atoms with Gasteiger partial charge in [0.05, 0.1) is 4.92 Å². The SMILES string of the molecule is O=[N+]([O-])c1ccc(C[C@H]2COC[N+]2=O)cc1. The van der Waals surface area contributed by atoms with Gasteiger partial charge in [-0.15, -0.1) is 0 Å². The lowest BCUT2D eigenvalue weighted by Gasteiger charge is -2.00. The minimum atomic E-state index is -0.442. The van der Waals surface area contributed by atoms with Crippen LogP contribution in [0.3, 0.4) is 0 Å². The second-order valence-electron chi connectivity index (χ2n) is 3.70. The number of hydrogen-bond donors (Lipinski definition) is 0. The summed E-state index contributed by atoms with van der Waals surface area (Å²) in [6.45, 7) is 0.526. The van der Waals surface area contributed by atoms with Crippen LogP contribution >= 0.6 is 0 Å². The predicted octanol–water partition coefficient (Wildman–Crippen LogP) is 1.27. The molecule has 1 aliphatic rings. The molecule has 1 atom stereocenters. The van der Waals surface area contributed by atoms with Gasteiger partial charge in [-0.25, -0.2) is 0 Å². The minimum absolute atomic E-state index is 0.0606. The van der Waals surface area contributed by atoms with Gasteiger partial charge in [0.1, 0.15) is 6.61 Å². The Morgan fingerprint density at radius 1 is 1.44 bits per heavy atom. The molecule has 2 rings (SSSR count). The molecular formula is C10H11N2O4+. The summed E-state index contributed by atoms with van der Waals surface area (Å²) in [5.41, 5.74) is 0.965. The second-order valence-corrected chi connectivity index (χ2v) is 3.70. The van der Waals surface area contributed by atoms with Crippen LogP contribution in [0.25, 0.3) is 0 Å². The maximum Gasteiger partial charge on any atom is 0.296 e. The monoisotopic (exact) mass is 223 g/mol. The Balaban J connectivity index is 2.05. The fourth-order valence-electron chi connectivity index (χ4n) is 1.65. The summed E-state index contributed by atoms with van der Waals surface area (Å²) in [4.78, 5) is 21.2. The van der Waals surface area contributed by atoms with E-state index in [0.717, 1.165) is 10.3 Å². The zero-order valence-corrected chi connectivity index (χ0v) is 8.54. The van der Waals surface area contributed by atoms with E-state index in [1.54, 1.807) is 12.1 Å². The molecule has 1 saturated heterocycles. The van der Waals surface area contributed by atoms with Crippen molar-refractivity contribution in [1.82, 2.24) is 0 Å². The van der Waals surface area contributed by atoms with Crippen LogP contribution in [0.5, 0.6) is 0 Å². The maximum atomic E-state index is 11.2. The lowest BCUT2D eigenvalue weighted by Crippen LogP contribution is -2.21. The van der Waals surface area contributed by atoms with E-state index in [-0.39, 0.29) is 18.5 Å². The van der Waals surface area contributed by atoms with Crippen LogP contribution in [0.2, 0.25) is 0 Å². The third-order valence-electron chi connectivity index (χ3n) is 2.55. The molecule has 0 radical (unpaired) electrons. The number of ether oxygens (including phenoxy) is 1. The quantitative estimate of drug-likeness (QED) is 0.439. The lowest BCUT2D eigenvalue weighted by atomic mass is 10.1. The molecule has 1 aromatic rings. The summed E-state index contributed by atoms with van der Waals surface area (Å²) >= 11 is 0. The van der Waals surface area contributed by atoms with E-state index in [4.69, 9.17) is 4.74 Å². The summed E-state index contributed by atoms with van der Waals surface area (Å²) in [5.74, 6) is 0. The van der Waals surface area contributed by atoms with E-state index in [1.165, 1.54) is 12.1 Å². The molecule has 6 nitrogen and oxygen atoms in total. The van der Waals surface area contributed by atoms with Crippen molar-refractivity contribution in [3.05, 3.63) is 44.9 Å². The number of benzene rings is 1. The number of nitro groups is 1. The van der Waals surface area contributed by atoms with Crippen molar-refractivity contribution in [3.8, 4) is 0 Å². The van der Waals surface area contributed by atoms with Crippen molar-refractivity contribution < 1.29 is 14.4 Å². The Labute approximate surface area is 91.6 Å². The van der Waals surface area contributed by atoms with Gasteiger partial charge in [-0.2, -0.15) is 0 Å². The molecule has 1 heterocycles. The Hall–Kier alpha value is -1.82. The average Bonchev–Trinajstić information content (AvgIpc) is 2.65. The van der Waals surface area contributed by atoms with Crippen molar-refractivity contribution in [2.75, 3.05) is 13.3 Å². The van der Waals surface area contributed by atoms with Crippen LogP contribution in [0.1, 0.15) is 5.56 Å². The van der Waals surface area contributed by atoms with E-state index >= 15 is 0 Å². The Bertz CT molecular complexity index is 415. The molecule has 0 amide bonds. The van der Waals surface area contributed by atoms with Gasteiger partial charge in [0.25, 0.3) is 12.4 Å². The highest BCUT2D eigenvalue weighted by molar-refractivity contribution is 5.33. The maximum absolute atomic E-state index is 11.2. The summed E-state index contributed by atoms with van der Waals surface area (Å²) in [6.07, 6.45) is 0.557. The van der Waals surface area contributed by atoms with Gasteiger partial charge in [-0.1, -0.05) is 12.1 Å². The van der Waals surface area contributed by atoms with Crippen LogP contribution in [0.4, 0.5) is 5.69 Å². The van der Waals surface area contributed by atoms with Crippen molar-refractivity contribution in [2.24, 2.45) is 0 Å². The molecule has 1 aliphatic heterocycles. The van der Waals surface area contributed by atoms with Gasteiger partial charge >= 0.3 is 0 Å². The Morgan fingerprint density at radius 2 is 2.12 bits per heavy atom. The predicted molar refractivity (Wildman–Crippen MR) is 55.0 cm³/mol. The molecule has 6 heteroatoms. The van der Waals surface area contributed by atoms with Gasteiger partial charge < -0.3 is 4.74 Å². The second kappa shape index (κ2) is 4.36. The highest BCUT2D eigenvalue weighted by Crippen LogP contribution is 2.15. The van der Waals surface area contributed by atoms with Gasteiger partial charge in [0.2, 0.25) is 6.04 Å². The molecule has 84 valence electrons. The molecule has 1 aromatic carbocycles. The molecular weight excluding hydrogens is 212 g/mol. The number of rotatable bonds is 3. The topological polar surface area (TPSA) is 72.5 Å². The fraction of sp³-hybridized carbons (Fsp3) is 0.400. The van der Waals surface area contributed by atoms with Gasteiger partial charge in [0.15, 0.2) is 0 Å². The molecule has 0 unspecified atom stereocenters. The van der Waals surface area contributed by atoms with E-state index in [1.807, 2.05) is 0 Å². The number of non-ortho nitro benzene ring substituents is 1. The standard InChI is InChI=1S/C10H11N2O4/c13-11-7-16-6-10(11)5-8-1-3-9(4-2-8)12(14)15/h1-4,10H,5-7H2/q+1/t10-/m0/s1. The van der Waals surface area contributed by atoms with E-state index in [9.17, 15) is 15.0 Å². The van der Waals surface area contributed by atoms with Gasteiger partial charge in [-0.05, 0) is 5.56 Å². The largest absolute Gasteiger partial charge is 0.313 e. The average molecular weight is 223 g/mol. The van der Waals surface area contributed by atoms with Crippen LogP contribution in [0.15, 0.2) is 24.3 Å². The first kappa shape index (κ1) is 10.7. The fourth-order valence-corrected chi connectivity index (χ4v) is 1.65. The smallest absolute Gasteiger partial charge is 0.296 e. The highest BCUT2D eigenvalue weighted by atomic mass is 16.6. The van der Waals surface area contributed by atoms with Gasteiger partial charge in [-0.3, -0.25) is 10.1 Å². The molecule has 0 spiro atoms. The summed E-state index contributed by atoms with van der Waals surface area (Å²) in [5, 5.41) is 10.4. The summed E-state index contributed by atoms with van der Waals surface area (Å²) < 4.78 is 5.90. The van der Waals surface area contributed by atoms with Gasteiger partial charge in [0, 0.05) is 28.2 Å². The number of hydrogen-bond acceptors (Lipinski definition) is 4. The minimum Gasteiger partial charge on any atom is -0.313 e. The van der Waals surface area contributed by atoms with E-state index in [2.05, 4.69) is 0 Å². The molecule has 0 N–H and O–H groups in total. The van der Waals surface area contributed by atoms with Crippen LogP contribution in [0, 0.1) is 15.0 Å². The zero-order chi connectivity index (χ0) is 11.5. The first-order valence-corrected chi connectivity index (χ1v) is 4.91. The Kier molecular flexibility index (Phi) is 2.91. The first-order valence-electron chi connectivity index (χ1n) is 4.91. The number of nitroso groups, excluding NO2 is 1. The molecule has 0 aliphatic carbocycles. The van der Waals surface area contributed by atoms with Crippen molar-refractivity contribution in [2.45, 2.75) is 12.5 Å². The van der Waals surface area contributed by atoms with Crippen molar-refractivity contribution >= 4 is 5.69 Å². The van der Waals surface area contributed by atoms with Crippen LogP contribution < -0.4 is 0 Å². The summed E-state index contributed by atoms with van der Waals surface area (Å²) in [6, 6.07) is 6.05. The van der Waals surface area contributed by atoms with Crippen molar-refractivity contribution in [3.63, 3.8) is 0 Å². The Morgan fingerprint density at radius 3 is 2.62 bits per heavy atom. The lowest BCUT2D eigenvalue weighted by molar-refractivity contribution is -0.577. The molecule has 0 aromatic heterocycles.